The second kappa shape index (κ2) is 4.59. The highest BCUT2D eigenvalue weighted by Gasteiger charge is 2.18. The Morgan fingerprint density at radius 1 is 1.53 bits per heavy atom. The summed E-state index contributed by atoms with van der Waals surface area (Å²) in [6.45, 7) is 3.32. The molecule has 3 N–H and O–H groups in total. The van der Waals surface area contributed by atoms with Crippen LogP contribution in [0.3, 0.4) is 0 Å². The maximum Gasteiger partial charge on any atom is 0.257 e. The minimum atomic E-state index is -0.587. The molecule has 0 aliphatic heterocycles. The number of aromatic nitrogens is 1. The van der Waals surface area contributed by atoms with E-state index in [2.05, 4.69) is 10.5 Å². The van der Waals surface area contributed by atoms with Gasteiger partial charge in [0.05, 0.1) is 12.2 Å². The Hall–Kier alpha value is -1.85. The summed E-state index contributed by atoms with van der Waals surface area (Å²) in [6, 6.07) is 0. The van der Waals surface area contributed by atoms with Gasteiger partial charge in [0.25, 0.3) is 5.91 Å². The van der Waals surface area contributed by atoms with E-state index < -0.39 is 5.91 Å². The second-order valence-corrected chi connectivity index (χ2v) is 3.06. The highest BCUT2D eigenvalue weighted by Crippen LogP contribution is 2.13. The Labute approximate surface area is 86.8 Å². The van der Waals surface area contributed by atoms with Gasteiger partial charge in [0.1, 0.15) is 11.3 Å². The van der Waals surface area contributed by atoms with Gasteiger partial charge in [-0.1, -0.05) is 12.1 Å². The van der Waals surface area contributed by atoms with Gasteiger partial charge in [-0.25, -0.2) is 0 Å². The molecule has 0 bridgehead atoms. The van der Waals surface area contributed by atoms with Gasteiger partial charge in [-0.05, 0) is 13.3 Å². The lowest BCUT2D eigenvalue weighted by atomic mass is 10.1. The monoisotopic (exact) mass is 211 g/mol. The summed E-state index contributed by atoms with van der Waals surface area (Å²) >= 11 is 0. The van der Waals surface area contributed by atoms with Gasteiger partial charge in [0.15, 0.2) is 0 Å². The van der Waals surface area contributed by atoms with E-state index in [0.717, 1.165) is 0 Å². The van der Waals surface area contributed by atoms with Crippen molar-refractivity contribution in [3.63, 3.8) is 0 Å². The lowest BCUT2D eigenvalue weighted by Crippen LogP contribution is -2.33. The number of hydrogen-bond donors (Lipinski definition) is 2. The fourth-order valence-corrected chi connectivity index (χ4v) is 1.21. The molecule has 0 unspecified atom stereocenters. The van der Waals surface area contributed by atoms with Crippen LogP contribution in [0.15, 0.2) is 4.52 Å². The van der Waals surface area contributed by atoms with Crippen LogP contribution in [0.25, 0.3) is 0 Å². The van der Waals surface area contributed by atoms with Crippen molar-refractivity contribution >= 4 is 11.8 Å². The van der Waals surface area contributed by atoms with Gasteiger partial charge < -0.3 is 15.6 Å². The molecule has 0 saturated carbocycles. The summed E-state index contributed by atoms with van der Waals surface area (Å²) in [4.78, 5) is 22.1. The fraction of sp³-hybridized carbons (Fsp3) is 0.444. The lowest BCUT2D eigenvalue weighted by molar-refractivity contribution is -0.117. The number of nitrogens with one attached hydrogen (secondary N) is 1. The van der Waals surface area contributed by atoms with Crippen LogP contribution in [0.1, 0.15) is 28.7 Å². The molecule has 1 rings (SSSR count). The SMILES string of the molecule is CCc1noc(C)c1C(=O)NCC(N)=O. The predicted molar refractivity (Wildman–Crippen MR) is 52.1 cm³/mol. The van der Waals surface area contributed by atoms with Gasteiger partial charge >= 0.3 is 0 Å². The summed E-state index contributed by atoms with van der Waals surface area (Å²) < 4.78 is 4.89. The molecule has 1 heterocycles. The first-order chi connectivity index (χ1) is 7.06. The van der Waals surface area contributed by atoms with Crippen molar-refractivity contribution in [1.29, 1.82) is 0 Å². The molecule has 2 amide bonds. The predicted octanol–water partition coefficient (Wildman–Crippen LogP) is -0.239. The molecule has 1 aromatic rings. The maximum absolute atomic E-state index is 11.6. The van der Waals surface area contributed by atoms with Crippen molar-refractivity contribution < 1.29 is 14.1 Å². The van der Waals surface area contributed by atoms with Gasteiger partial charge in [-0.2, -0.15) is 0 Å². The standard InChI is InChI=1S/C9H13N3O3/c1-3-6-8(5(2)15-12-6)9(14)11-4-7(10)13/h3-4H2,1-2H3,(H2,10,13)(H,11,14). The molecule has 82 valence electrons. The van der Waals surface area contributed by atoms with E-state index in [1.807, 2.05) is 6.92 Å². The maximum atomic E-state index is 11.6. The van der Waals surface area contributed by atoms with E-state index in [1.54, 1.807) is 6.92 Å². The molecule has 6 heteroatoms. The molecular weight excluding hydrogens is 198 g/mol. The second-order valence-electron chi connectivity index (χ2n) is 3.06. The molecule has 0 saturated heterocycles. The molecule has 0 atom stereocenters. The Morgan fingerprint density at radius 3 is 2.73 bits per heavy atom. The van der Waals surface area contributed by atoms with Gasteiger partial charge in [-0.15, -0.1) is 0 Å². The minimum Gasteiger partial charge on any atom is -0.368 e. The van der Waals surface area contributed by atoms with Crippen molar-refractivity contribution in [1.82, 2.24) is 10.5 Å². The third-order valence-corrected chi connectivity index (χ3v) is 1.92. The zero-order chi connectivity index (χ0) is 11.4. The van der Waals surface area contributed by atoms with Crippen LogP contribution >= 0.6 is 0 Å². The van der Waals surface area contributed by atoms with Crippen LogP contribution in [-0.2, 0) is 11.2 Å². The Balaban J connectivity index is 2.80. The molecule has 15 heavy (non-hydrogen) atoms. The summed E-state index contributed by atoms with van der Waals surface area (Å²) in [5.41, 5.74) is 5.88. The largest absolute Gasteiger partial charge is 0.368 e. The molecule has 1 aromatic heterocycles. The third kappa shape index (κ3) is 2.55. The zero-order valence-electron chi connectivity index (χ0n) is 8.66. The first-order valence-corrected chi connectivity index (χ1v) is 4.57. The quantitative estimate of drug-likeness (QED) is 0.718. The number of rotatable bonds is 4. The summed E-state index contributed by atoms with van der Waals surface area (Å²) in [7, 11) is 0. The fourth-order valence-electron chi connectivity index (χ4n) is 1.21. The number of aryl methyl sites for hydroxylation is 2. The highest BCUT2D eigenvalue weighted by molar-refractivity contribution is 5.97. The van der Waals surface area contributed by atoms with Crippen molar-refractivity contribution in [2.75, 3.05) is 6.54 Å². The number of nitrogens with two attached hydrogens (primary N) is 1. The number of hydrogen-bond acceptors (Lipinski definition) is 4. The molecule has 6 nitrogen and oxygen atoms in total. The van der Waals surface area contributed by atoms with Crippen LogP contribution in [0, 0.1) is 6.92 Å². The number of nitrogens with zero attached hydrogens (tertiary/aromatic N) is 1. The minimum absolute atomic E-state index is 0.188. The van der Waals surface area contributed by atoms with E-state index in [1.165, 1.54) is 0 Å². The lowest BCUT2D eigenvalue weighted by Gasteiger charge is -2.01. The van der Waals surface area contributed by atoms with Crippen molar-refractivity contribution in [2.45, 2.75) is 20.3 Å². The molecule has 0 fully saturated rings. The first kappa shape index (κ1) is 11.2. The molecule has 0 aliphatic rings. The average Bonchev–Trinajstić information content (AvgIpc) is 2.56. The van der Waals surface area contributed by atoms with Crippen molar-refractivity contribution in [3.05, 3.63) is 17.0 Å². The van der Waals surface area contributed by atoms with Crippen molar-refractivity contribution in [3.8, 4) is 0 Å². The van der Waals surface area contributed by atoms with Crippen LogP contribution in [0.2, 0.25) is 0 Å². The van der Waals surface area contributed by atoms with Gasteiger partial charge in [-0.3, -0.25) is 9.59 Å². The Kier molecular flexibility index (Phi) is 3.43. The molecular formula is C9H13N3O3. The van der Waals surface area contributed by atoms with E-state index in [-0.39, 0.29) is 12.5 Å². The van der Waals surface area contributed by atoms with E-state index in [0.29, 0.717) is 23.4 Å². The van der Waals surface area contributed by atoms with Gasteiger partial charge in [0, 0.05) is 0 Å². The smallest absolute Gasteiger partial charge is 0.257 e. The number of primary amides is 1. The normalized spacial score (nSPS) is 10.0. The number of carbonyl (C=O) groups excluding carboxylic acids is 2. The highest BCUT2D eigenvalue weighted by atomic mass is 16.5. The summed E-state index contributed by atoms with van der Waals surface area (Å²) in [5.74, 6) is -0.534. The Bertz CT molecular complexity index is 384. The number of amides is 2. The van der Waals surface area contributed by atoms with E-state index in [9.17, 15) is 9.59 Å². The van der Waals surface area contributed by atoms with Crippen molar-refractivity contribution in [2.24, 2.45) is 5.73 Å². The van der Waals surface area contributed by atoms with Gasteiger partial charge in [0.2, 0.25) is 5.91 Å². The topological polar surface area (TPSA) is 98.2 Å². The zero-order valence-corrected chi connectivity index (χ0v) is 8.66. The third-order valence-electron chi connectivity index (χ3n) is 1.92. The van der Waals surface area contributed by atoms with E-state index in [4.69, 9.17) is 10.3 Å². The molecule has 0 aromatic carbocycles. The van der Waals surface area contributed by atoms with Crippen LogP contribution in [-0.4, -0.2) is 23.5 Å². The molecule has 0 radical (unpaired) electrons. The molecule has 0 spiro atoms. The number of carbonyl (C=O) groups is 2. The average molecular weight is 211 g/mol. The summed E-state index contributed by atoms with van der Waals surface area (Å²) in [5, 5.41) is 6.12. The Morgan fingerprint density at radius 2 is 2.20 bits per heavy atom. The van der Waals surface area contributed by atoms with Crippen LogP contribution < -0.4 is 11.1 Å². The molecule has 0 aliphatic carbocycles. The first-order valence-electron chi connectivity index (χ1n) is 4.57. The van der Waals surface area contributed by atoms with Crippen LogP contribution in [0.4, 0.5) is 0 Å². The summed E-state index contributed by atoms with van der Waals surface area (Å²) in [6.07, 6.45) is 0.594. The van der Waals surface area contributed by atoms with E-state index >= 15 is 0 Å². The van der Waals surface area contributed by atoms with Crippen LogP contribution in [0.5, 0.6) is 0 Å².